The summed E-state index contributed by atoms with van der Waals surface area (Å²) < 4.78 is 2.50. The Morgan fingerprint density at radius 2 is 1.83 bits per heavy atom. The molecule has 0 N–H and O–H groups in total. The summed E-state index contributed by atoms with van der Waals surface area (Å²) in [5, 5.41) is 1.14. The average Bonchev–Trinajstić information content (AvgIpc) is 2.71. The molecule has 1 heterocycles. The van der Waals surface area contributed by atoms with Crippen molar-refractivity contribution in [2.45, 2.75) is 27.7 Å². The van der Waals surface area contributed by atoms with Crippen molar-refractivity contribution < 1.29 is 0 Å². The molecule has 0 aliphatic carbocycles. The number of rotatable bonds is 3. The molecule has 100 valence electrons. The van der Waals surface area contributed by atoms with Gasteiger partial charge in [0.15, 0.2) is 0 Å². The monoisotopic (exact) mass is 376 g/mol. The van der Waals surface area contributed by atoms with Gasteiger partial charge < -0.3 is 4.90 Å². The number of fused-ring (bicyclic) bond motifs is 1. The minimum Gasteiger partial charge on any atom is -0.372 e. The third kappa shape index (κ3) is 4.09. The van der Waals surface area contributed by atoms with Gasteiger partial charge in [0.05, 0.1) is 15.2 Å². The van der Waals surface area contributed by atoms with E-state index in [1.165, 1.54) is 14.8 Å². The highest BCUT2D eigenvalue weighted by atomic mass is 127. The number of benzene rings is 1. The second kappa shape index (κ2) is 7.94. The molecule has 1 aromatic carbocycles. The number of aryl methyl sites for hydroxylation is 1. The number of alkyl halides is 1. The zero-order valence-electron chi connectivity index (χ0n) is 11.5. The van der Waals surface area contributed by atoms with Crippen LogP contribution in [0.1, 0.15) is 25.8 Å². The molecule has 4 heteroatoms. The highest BCUT2D eigenvalue weighted by Crippen LogP contribution is 2.26. The Hall–Kier alpha value is -0.360. The Morgan fingerprint density at radius 1 is 1.22 bits per heavy atom. The fraction of sp³-hybridized carbons (Fsp3) is 0.500. The largest absolute Gasteiger partial charge is 0.372 e. The van der Waals surface area contributed by atoms with Gasteiger partial charge in [0.25, 0.3) is 0 Å². The molecule has 0 bridgehead atoms. The zero-order chi connectivity index (χ0) is 13.5. The first-order valence-electron chi connectivity index (χ1n) is 6.34. The van der Waals surface area contributed by atoms with E-state index in [9.17, 15) is 0 Å². The summed E-state index contributed by atoms with van der Waals surface area (Å²) in [6.07, 6.45) is 0. The van der Waals surface area contributed by atoms with Gasteiger partial charge in [-0.25, -0.2) is 4.98 Å². The predicted molar refractivity (Wildman–Crippen MR) is 92.5 cm³/mol. The zero-order valence-corrected chi connectivity index (χ0v) is 14.5. The Bertz CT molecular complexity index is 478. The Labute approximate surface area is 128 Å². The lowest BCUT2D eigenvalue weighted by Gasteiger charge is -2.20. The third-order valence-electron chi connectivity index (χ3n) is 2.61. The molecule has 0 amide bonds. The Balaban J connectivity index is 0.000000492. The Kier molecular flexibility index (Phi) is 6.92. The van der Waals surface area contributed by atoms with Crippen molar-refractivity contribution in [3.8, 4) is 0 Å². The van der Waals surface area contributed by atoms with E-state index in [1.54, 1.807) is 11.3 Å². The molecular formula is C14H21IN2S. The van der Waals surface area contributed by atoms with Crippen LogP contribution in [0.4, 0.5) is 5.69 Å². The second-order valence-electron chi connectivity index (χ2n) is 3.82. The predicted octanol–water partition coefficient (Wildman–Crippen LogP) is 4.89. The van der Waals surface area contributed by atoms with Gasteiger partial charge in [0.1, 0.15) is 0 Å². The normalized spacial score (nSPS) is 10.1. The van der Waals surface area contributed by atoms with Gasteiger partial charge in [-0.05, 0) is 43.4 Å². The number of nitrogens with zero attached hydrogens (tertiary/aromatic N) is 2. The fourth-order valence-corrected chi connectivity index (χ4v) is 2.62. The van der Waals surface area contributed by atoms with Gasteiger partial charge in [-0.3, -0.25) is 0 Å². The second-order valence-corrected chi connectivity index (χ2v) is 6.58. The lowest BCUT2D eigenvalue weighted by Crippen LogP contribution is -2.21. The molecule has 1 aromatic heterocycles. The molecule has 0 fully saturated rings. The van der Waals surface area contributed by atoms with Crippen LogP contribution in [-0.2, 0) is 0 Å². The fourth-order valence-electron chi connectivity index (χ4n) is 1.82. The van der Waals surface area contributed by atoms with Crippen LogP contribution >= 0.6 is 33.9 Å². The maximum atomic E-state index is 4.52. The first-order valence-corrected chi connectivity index (χ1v) is 8.68. The summed E-state index contributed by atoms with van der Waals surface area (Å²) >= 11 is 4.05. The topological polar surface area (TPSA) is 16.1 Å². The van der Waals surface area contributed by atoms with E-state index >= 15 is 0 Å². The van der Waals surface area contributed by atoms with Gasteiger partial charge in [-0.1, -0.05) is 29.5 Å². The third-order valence-corrected chi connectivity index (χ3v) is 3.56. The Morgan fingerprint density at radius 3 is 2.39 bits per heavy atom. The van der Waals surface area contributed by atoms with E-state index in [-0.39, 0.29) is 0 Å². The molecule has 18 heavy (non-hydrogen) atoms. The quantitative estimate of drug-likeness (QED) is 0.560. The van der Waals surface area contributed by atoms with E-state index in [4.69, 9.17) is 0 Å². The summed E-state index contributed by atoms with van der Waals surface area (Å²) in [6.45, 7) is 10.6. The molecule has 2 rings (SSSR count). The van der Waals surface area contributed by atoms with Gasteiger partial charge in [0, 0.05) is 18.8 Å². The SMILES string of the molecule is CCI.CCN(CC)c1ccc2sc(C)nc2c1. The van der Waals surface area contributed by atoms with Crippen LogP contribution in [0.25, 0.3) is 10.2 Å². The van der Waals surface area contributed by atoms with Crippen molar-refractivity contribution in [1.82, 2.24) is 4.98 Å². The number of hydrogen-bond donors (Lipinski definition) is 0. The van der Waals surface area contributed by atoms with E-state index in [2.05, 4.69) is 78.4 Å². The first kappa shape index (κ1) is 15.7. The maximum absolute atomic E-state index is 4.52. The van der Waals surface area contributed by atoms with Crippen LogP contribution in [0, 0.1) is 6.92 Å². The van der Waals surface area contributed by atoms with Crippen LogP contribution in [0.3, 0.4) is 0 Å². The number of thiazole rings is 1. The average molecular weight is 376 g/mol. The maximum Gasteiger partial charge on any atom is 0.0907 e. The first-order chi connectivity index (χ1) is 8.65. The van der Waals surface area contributed by atoms with E-state index < -0.39 is 0 Å². The van der Waals surface area contributed by atoms with Crippen molar-refractivity contribution in [3.05, 3.63) is 23.2 Å². The summed E-state index contributed by atoms with van der Waals surface area (Å²) in [5.41, 5.74) is 2.40. The lowest BCUT2D eigenvalue weighted by molar-refractivity contribution is 0.867. The molecule has 0 saturated heterocycles. The molecular weight excluding hydrogens is 355 g/mol. The van der Waals surface area contributed by atoms with Gasteiger partial charge in [-0.15, -0.1) is 11.3 Å². The molecule has 0 aliphatic heterocycles. The molecule has 2 nitrogen and oxygen atoms in total. The van der Waals surface area contributed by atoms with Crippen LogP contribution in [0.5, 0.6) is 0 Å². The molecule has 0 unspecified atom stereocenters. The van der Waals surface area contributed by atoms with Crippen molar-refractivity contribution in [1.29, 1.82) is 0 Å². The molecule has 0 atom stereocenters. The number of anilines is 1. The smallest absolute Gasteiger partial charge is 0.0907 e. The number of halogens is 1. The highest BCUT2D eigenvalue weighted by Gasteiger charge is 2.05. The van der Waals surface area contributed by atoms with E-state index in [0.717, 1.165) is 23.6 Å². The molecule has 0 aliphatic rings. The van der Waals surface area contributed by atoms with Crippen molar-refractivity contribution in [2.75, 3.05) is 22.4 Å². The van der Waals surface area contributed by atoms with Crippen LogP contribution in [0.15, 0.2) is 18.2 Å². The summed E-state index contributed by atoms with van der Waals surface area (Å²) in [6, 6.07) is 6.55. The standard InChI is InChI=1S/C12H16N2S.C2H5I/c1-4-14(5-2)10-6-7-12-11(8-10)13-9(3)15-12;1-2-3/h6-8H,4-5H2,1-3H3;2H2,1H3. The van der Waals surface area contributed by atoms with Crippen LogP contribution in [-0.4, -0.2) is 22.5 Å². The summed E-state index contributed by atoms with van der Waals surface area (Å²) in [5.74, 6) is 0. The molecule has 0 spiro atoms. The van der Waals surface area contributed by atoms with Gasteiger partial charge in [-0.2, -0.15) is 0 Å². The van der Waals surface area contributed by atoms with Crippen molar-refractivity contribution >= 4 is 49.8 Å². The molecule has 2 aromatic rings. The summed E-state index contributed by atoms with van der Waals surface area (Å²) in [4.78, 5) is 6.86. The van der Waals surface area contributed by atoms with Crippen LogP contribution in [0.2, 0.25) is 0 Å². The van der Waals surface area contributed by atoms with Gasteiger partial charge >= 0.3 is 0 Å². The highest BCUT2D eigenvalue weighted by molar-refractivity contribution is 14.1. The van der Waals surface area contributed by atoms with Crippen molar-refractivity contribution in [3.63, 3.8) is 0 Å². The lowest BCUT2D eigenvalue weighted by atomic mass is 10.2. The minimum absolute atomic E-state index is 1.05. The number of aromatic nitrogens is 1. The number of hydrogen-bond acceptors (Lipinski definition) is 3. The van der Waals surface area contributed by atoms with E-state index in [0.29, 0.717) is 0 Å². The minimum atomic E-state index is 1.05. The van der Waals surface area contributed by atoms with Crippen molar-refractivity contribution in [2.24, 2.45) is 0 Å². The van der Waals surface area contributed by atoms with E-state index in [1.807, 2.05) is 0 Å². The molecule has 0 radical (unpaired) electrons. The summed E-state index contributed by atoms with van der Waals surface area (Å²) in [7, 11) is 0. The van der Waals surface area contributed by atoms with Crippen LogP contribution < -0.4 is 4.90 Å². The molecule has 0 saturated carbocycles. The van der Waals surface area contributed by atoms with Gasteiger partial charge in [0.2, 0.25) is 0 Å².